The van der Waals surface area contributed by atoms with E-state index in [-0.39, 0.29) is 18.8 Å². The monoisotopic (exact) mass is 394 g/mol. The van der Waals surface area contributed by atoms with Gasteiger partial charge in [-0.1, -0.05) is 19.1 Å². The minimum Gasteiger partial charge on any atom is -0.453 e. The van der Waals surface area contributed by atoms with Crippen LogP contribution in [0.1, 0.15) is 43.4 Å². The van der Waals surface area contributed by atoms with Gasteiger partial charge in [-0.15, -0.1) is 0 Å². The van der Waals surface area contributed by atoms with Gasteiger partial charge >= 0.3 is 0 Å². The van der Waals surface area contributed by atoms with E-state index in [1.54, 1.807) is 6.34 Å². The molecule has 152 valence electrons. The molecule has 5 rings (SSSR count). The summed E-state index contributed by atoms with van der Waals surface area (Å²) < 4.78 is 17.6. The molecule has 0 amide bonds. The number of nitrogens with one attached hydrogen (secondary N) is 2. The average Bonchev–Trinajstić information content (AvgIpc) is 3.23. The largest absolute Gasteiger partial charge is 0.453 e. The van der Waals surface area contributed by atoms with Gasteiger partial charge in [0.15, 0.2) is 11.5 Å². The Bertz CT molecular complexity index is 919. The van der Waals surface area contributed by atoms with Crippen LogP contribution < -0.4 is 20.1 Å². The number of nitrogens with zero attached hydrogens (tertiary/aromatic N) is 2. The maximum Gasteiger partial charge on any atom is 0.231 e. The second-order valence-corrected chi connectivity index (χ2v) is 7.74. The van der Waals surface area contributed by atoms with E-state index in [2.05, 4.69) is 40.8 Å². The summed E-state index contributed by atoms with van der Waals surface area (Å²) in [6, 6.07) is 2.11. The SMILES string of the molecule is CC1COCCCCC=NC2C=Cc3cc2c(c2c3OCO2)NC2=C1CN=CN2. The molecule has 0 radical (unpaired) electrons. The Morgan fingerprint density at radius 1 is 1.17 bits per heavy atom. The highest BCUT2D eigenvalue weighted by atomic mass is 16.7. The third-order valence-corrected chi connectivity index (χ3v) is 5.71. The quantitative estimate of drug-likeness (QED) is 0.703. The third kappa shape index (κ3) is 3.51. The number of benzene rings is 1. The van der Waals surface area contributed by atoms with Crippen molar-refractivity contribution in [3.63, 3.8) is 0 Å². The Morgan fingerprint density at radius 2 is 2.10 bits per heavy atom. The number of fused-ring (bicyclic) bond motifs is 4. The number of hydrogen-bond acceptors (Lipinski definition) is 7. The van der Waals surface area contributed by atoms with Crippen LogP contribution in [-0.4, -0.2) is 39.1 Å². The number of ether oxygens (including phenoxy) is 3. The standard InChI is InChI=1S/C22H26N4O3/c1-14-11-27-8-4-2-3-7-24-18-6-5-15-9-16(18)19(21-20(15)28-13-29-21)26-22-17(14)10-23-12-25-22/h5-7,9,12,14,18,26H,2-4,8,10-11,13H2,1H3,(H,23,25). The van der Waals surface area contributed by atoms with Crippen molar-refractivity contribution in [2.45, 2.75) is 32.2 Å². The van der Waals surface area contributed by atoms with E-state index >= 15 is 0 Å². The van der Waals surface area contributed by atoms with E-state index in [1.165, 1.54) is 5.57 Å². The number of hydrogen-bond donors (Lipinski definition) is 2. The summed E-state index contributed by atoms with van der Waals surface area (Å²) in [6.45, 7) is 4.52. The molecule has 29 heavy (non-hydrogen) atoms. The zero-order valence-corrected chi connectivity index (χ0v) is 16.6. The number of aliphatic imine (C=N–C) groups is 2. The Balaban J connectivity index is 1.59. The first-order chi connectivity index (χ1) is 14.3. The first kappa shape index (κ1) is 18.2. The van der Waals surface area contributed by atoms with Crippen LogP contribution in [0.5, 0.6) is 11.5 Å². The van der Waals surface area contributed by atoms with Gasteiger partial charge in [0, 0.05) is 23.7 Å². The van der Waals surface area contributed by atoms with Crippen molar-refractivity contribution in [2.75, 3.05) is 31.9 Å². The predicted octanol–water partition coefficient (Wildman–Crippen LogP) is 3.65. The molecule has 1 aromatic rings. The molecule has 2 N–H and O–H groups in total. The first-order valence-corrected chi connectivity index (χ1v) is 10.3. The molecule has 1 aromatic carbocycles. The van der Waals surface area contributed by atoms with Gasteiger partial charge in [0.05, 0.1) is 31.2 Å². The highest BCUT2D eigenvalue weighted by molar-refractivity contribution is 5.81. The fourth-order valence-electron chi connectivity index (χ4n) is 4.09. The predicted molar refractivity (Wildman–Crippen MR) is 114 cm³/mol. The minimum absolute atomic E-state index is 0.0420. The van der Waals surface area contributed by atoms with Gasteiger partial charge in [0.1, 0.15) is 5.82 Å². The van der Waals surface area contributed by atoms with Gasteiger partial charge in [0.2, 0.25) is 6.79 Å². The molecule has 7 nitrogen and oxygen atoms in total. The molecule has 0 saturated carbocycles. The van der Waals surface area contributed by atoms with Gasteiger partial charge in [-0.05, 0) is 37.1 Å². The molecular formula is C22H26N4O3. The normalized spacial score (nSPS) is 25.6. The van der Waals surface area contributed by atoms with Crippen LogP contribution in [0.4, 0.5) is 5.69 Å². The maximum absolute atomic E-state index is 5.92. The zero-order valence-electron chi connectivity index (χ0n) is 16.6. The second-order valence-electron chi connectivity index (χ2n) is 7.74. The molecule has 1 aliphatic carbocycles. The van der Waals surface area contributed by atoms with Crippen molar-refractivity contribution >= 4 is 24.3 Å². The molecule has 0 saturated heterocycles. The maximum atomic E-state index is 5.92. The van der Waals surface area contributed by atoms with Crippen molar-refractivity contribution in [3.05, 3.63) is 34.7 Å². The average molecular weight is 394 g/mol. The number of anilines is 1. The molecule has 0 fully saturated rings. The molecule has 7 heteroatoms. The minimum atomic E-state index is -0.0420. The fraction of sp³-hybridized carbons (Fsp3) is 0.455. The zero-order chi connectivity index (χ0) is 19.6. The van der Waals surface area contributed by atoms with Gasteiger partial charge in [-0.3, -0.25) is 9.98 Å². The summed E-state index contributed by atoms with van der Waals surface area (Å²) in [4.78, 5) is 9.25. The van der Waals surface area contributed by atoms with Crippen molar-refractivity contribution in [3.8, 4) is 11.5 Å². The smallest absolute Gasteiger partial charge is 0.231 e. The Morgan fingerprint density at radius 3 is 3.07 bits per heavy atom. The van der Waals surface area contributed by atoms with E-state index in [9.17, 15) is 0 Å². The van der Waals surface area contributed by atoms with Crippen LogP contribution in [0.2, 0.25) is 0 Å². The van der Waals surface area contributed by atoms with Gasteiger partial charge < -0.3 is 24.8 Å². The third-order valence-electron chi connectivity index (χ3n) is 5.71. The molecule has 2 bridgehead atoms. The molecule has 0 aromatic heterocycles. The topological polar surface area (TPSA) is 76.5 Å². The van der Waals surface area contributed by atoms with Crippen LogP contribution in [0.3, 0.4) is 0 Å². The van der Waals surface area contributed by atoms with E-state index in [0.29, 0.717) is 13.2 Å². The second kappa shape index (κ2) is 7.91. The Labute approximate surface area is 170 Å². The van der Waals surface area contributed by atoms with Crippen LogP contribution in [0, 0.1) is 5.92 Å². The van der Waals surface area contributed by atoms with Gasteiger partial charge in [-0.2, -0.15) is 0 Å². The summed E-state index contributed by atoms with van der Waals surface area (Å²) in [7, 11) is 0. The van der Waals surface area contributed by atoms with Crippen LogP contribution in [0.25, 0.3) is 6.08 Å². The highest BCUT2D eigenvalue weighted by Crippen LogP contribution is 2.50. The van der Waals surface area contributed by atoms with Crippen molar-refractivity contribution < 1.29 is 14.2 Å². The Kier molecular flexibility index (Phi) is 4.97. The van der Waals surface area contributed by atoms with Crippen LogP contribution in [-0.2, 0) is 4.74 Å². The molecule has 0 spiro atoms. The van der Waals surface area contributed by atoms with Gasteiger partial charge in [-0.25, -0.2) is 0 Å². The van der Waals surface area contributed by atoms with Crippen molar-refractivity contribution in [1.29, 1.82) is 0 Å². The van der Waals surface area contributed by atoms with E-state index in [0.717, 1.165) is 60.0 Å². The van der Waals surface area contributed by atoms with E-state index < -0.39 is 0 Å². The highest BCUT2D eigenvalue weighted by Gasteiger charge is 2.30. The lowest BCUT2D eigenvalue weighted by Gasteiger charge is -2.26. The van der Waals surface area contributed by atoms with Gasteiger partial charge in [0.25, 0.3) is 0 Å². The molecular weight excluding hydrogens is 368 g/mol. The van der Waals surface area contributed by atoms with E-state index in [4.69, 9.17) is 19.2 Å². The Hall–Kier alpha value is -2.80. The lowest BCUT2D eigenvalue weighted by atomic mass is 9.93. The first-order valence-electron chi connectivity index (χ1n) is 10.3. The summed E-state index contributed by atoms with van der Waals surface area (Å²) in [5, 5.41) is 6.89. The molecule has 2 unspecified atom stereocenters. The molecule has 4 aliphatic rings. The fourth-order valence-corrected chi connectivity index (χ4v) is 4.09. The number of rotatable bonds is 0. The summed E-state index contributed by atoms with van der Waals surface area (Å²) in [5.41, 5.74) is 4.23. The summed E-state index contributed by atoms with van der Waals surface area (Å²) in [5.74, 6) is 2.73. The van der Waals surface area contributed by atoms with Crippen molar-refractivity contribution in [1.82, 2.24) is 5.32 Å². The lowest BCUT2D eigenvalue weighted by molar-refractivity contribution is 0.110. The lowest BCUT2D eigenvalue weighted by Crippen LogP contribution is -2.29. The summed E-state index contributed by atoms with van der Waals surface area (Å²) in [6.07, 6.45) is 11.0. The molecule has 3 aliphatic heterocycles. The van der Waals surface area contributed by atoms with Crippen molar-refractivity contribution in [2.24, 2.45) is 15.9 Å². The van der Waals surface area contributed by atoms with Crippen LogP contribution >= 0.6 is 0 Å². The van der Waals surface area contributed by atoms with Crippen LogP contribution in [0.15, 0.2) is 33.5 Å². The van der Waals surface area contributed by atoms with E-state index in [1.807, 2.05) is 6.21 Å². The molecule has 2 atom stereocenters. The summed E-state index contributed by atoms with van der Waals surface area (Å²) >= 11 is 0. The molecule has 3 heterocycles.